The van der Waals surface area contributed by atoms with Crippen LogP contribution in [-0.2, 0) is 10.0 Å². The van der Waals surface area contributed by atoms with Crippen LogP contribution in [0, 0.1) is 5.92 Å². The van der Waals surface area contributed by atoms with Gasteiger partial charge in [-0.2, -0.15) is 4.31 Å². The molecule has 2 bridgehead atoms. The average molecular weight is 267 g/mol. The zero-order valence-electron chi connectivity index (χ0n) is 10.6. The second-order valence-corrected chi connectivity index (χ2v) is 7.26. The SMILES string of the molecule is COc1ccccc1S(=O)(=O)N(C)C12CC(C1)C2. The summed E-state index contributed by atoms with van der Waals surface area (Å²) in [5.74, 6) is 1.16. The van der Waals surface area contributed by atoms with Crippen LogP contribution in [0.1, 0.15) is 19.3 Å². The Bertz CT molecular complexity index is 565. The minimum atomic E-state index is -3.45. The van der Waals surface area contributed by atoms with Crippen molar-refractivity contribution < 1.29 is 13.2 Å². The van der Waals surface area contributed by atoms with Crippen molar-refractivity contribution in [2.45, 2.75) is 29.7 Å². The van der Waals surface area contributed by atoms with Crippen molar-refractivity contribution in [1.82, 2.24) is 4.31 Å². The Morgan fingerprint density at radius 3 is 2.39 bits per heavy atom. The van der Waals surface area contributed by atoms with Gasteiger partial charge in [0.05, 0.1) is 7.11 Å². The molecule has 5 heteroatoms. The van der Waals surface area contributed by atoms with Gasteiger partial charge in [-0.1, -0.05) is 12.1 Å². The van der Waals surface area contributed by atoms with Crippen LogP contribution in [0.4, 0.5) is 0 Å². The second-order valence-electron chi connectivity index (χ2n) is 5.33. The Morgan fingerprint density at radius 1 is 1.28 bits per heavy atom. The number of ether oxygens (including phenoxy) is 1. The zero-order chi connectivity index (χ0) is 13.0. The van der Waals surface area contributed by atoms with E-state index in [4.69, 9.17) is 4.74 Å². The molecule has 0 amide bonds. The summed E-state index contributed by atoms with van der Waals surface area (Å²) >= 11 is 0. The van der Waals surface area contributed by atoms with Gasteiger partial charge in [0.15, 0.2) is 0 Å². The Kier molecular flexibility index (Phi) is 2.47. The molecule has 1 aromatic carbocycles. The van der Waals surface area contributed by atoms with Gasteiger partial charge in [0, 0.05) is 12.6 Å². The van der Waals surface area contributed by atoms with Crippen molar-refractivity contribution in [3.05, 3.63) is 24.3 Å². The molecule has 3 saturated carbocycles. The summed E-state index contributed by atoms with van der Waals surface area (Å²) in [5.41, 5.74) is -0.107. The molecule has 1 aromatic rings. The normalized spacial score (nSPS) is 29.6. The van der Waals surface area contributed by atoms with Gasteiger partial charge in [-0.05, 0) is 37.3 Å². The third kappa shape index (κ3) is 1.44. The van der Waals surface area contributed by atoms with Gasteiger partial charge in [0.1, 0.15) is 10.6 Å². The molecular formula is C13H17NO3S. The monoisotopic (exact) mass is 267 g/mol. The van der Waals surface area contributed by atoms with Crippen molar-refractivity contribution >= 4 is 10.0 Å². The fourth-order valence-corrected chi connectivity index (χ4v) is 4.74. The van der Waals surface area contributed by atoms with Crippen LogP contribution < -0.4 is 4.74 Å². The van der Waals surface area contributed by atoms with E-state index in [1.165, 1.54) is 7.11 Å². The first-order valence-electron chi connectivity index (χ1n) is 6.12. The summed E-state index contributed by atoms with van der Waals surface area (Å²) in [7, 11) is -0.267. The molecule has 0 radical (unpaired) electrons. The lowest BCUT2D eigenvalue weighted by Gasteiger charge is -2.64. The molecule has 0 aromatic heterocycles. The maximum Gasteiger partial charge on any atom is 0.247 e. The van der Waals surface area contributed by atoms with Crippen LogP contribution in [0.5, 0.6) is 5.75 Å². The highest BCUT2D eigenvalue weighted by Crippen LogP contribution is 2.61. The lowest BCUT2D eigenvalue weighted by atomic mass is 9.50. The Hall–Kier alpha value is -1.07. The van der Waals surface area contributed by atoms with Crippen molar-refractivity contribution in [2.75, 3.05) is 14.2 Å². The number of nitrogens with zero attached hydrogens (tertiary/aromatic N) is 1. The van der Waals surface area contributed by atoms with Gasteiger partial charge < -0.3 is 4.74 Å². The molecule has 3 aliphatic carbocycles. The molecular weight excluding hydrogens is 250 g/mol. The van der Waals surface area contributed by atoms with Crippen LogP contribution in [0.3, 0.4) is 0 Å². The van der Waals surface area contributed by atoms with Crippen molar-refractivity contribution in [3.63, 3.8) is 0 Å². The van der Waals surface area contributed by atoms with E-state index in [-0.39, 0.29) is 10.4 Å². The topological polar surface area (TPSA) is 46.6 Å². The molecule has 3 fully saturated rings. The van der Waals surface area contributed by atoms with Crippen LogP contribution in [0.15, 0.2) is 29.2 Å². The van der Waals surface area contributed by atoms with E-state index in [1.807, 2.05) is 0 Å². The quantitative estimate of drug-likeness (QED) is 0.836. The number of para-hydroxylation sites is 1. The Balaban J connectivity index is 1.98. The molecule has 3 aliphatic rings. The predicted molar refractivity (Wildman–Crippen MR) is 68.0 cm³/mol. The van der Waals surface area contributed by atoms with E-state index in [9.17, 15) is 8.42 Å². The molecule has 0 atom stereocenters. The molecule has 0 unspecified atom stereocenters. The number of hydrogen-bond acceptors (Lipinski definition) is 3. The maximum absolute atomic E-state index is 12.6. The van der Waals surface area contributed by atoms with Crippen LogP contribution in [-0.4, -0.2) is 32.4 Å². The van der Waals surface area contributed by atoms with Crippen molar-refractivity contribution in [2.24, 2.45) is 5.92 Å². The average Bonchev–Trinajstić information content (AvgIpc) is 2.24. The van der Waals surface area contributed by atoms with Crippen LogP contribution >= 0.6 is 0 Å². The highest BCUT2D eigenvalue weighted by atomic mass is 32.2. The molecule has 4 rings (SSSR count). The lowest BCUT2D eigenvalue weighted by molar-refractivity contribution is -0.0952. The minimum absolute atomic E-state index is 0.107. The summed E-state index contributed by atoms with van der Waals surface area (Å²) in [6.45, 7) is 0. The van der Waals surface area contributed by atoms with Crippen molar-refractivity contribution in [3.8, 4) is 5.75 Å². The van der Waals surface area contributed by atoms with E-state index in [0.717, 1.165) is 25.2 Å². The van der Waals surface area contributed by atoms with E-state index in [2.05, 4.69) is 0 Å². The first kappa shape index (κ1) is 12.0. The maximum atomic E-state index is 12.6. The van der Waals surface area contributed by atoms with Gasteiger partial charge in [0.2, 0.25) is 10.0 Å². The minimum Gasteiger partial charge on any atom is -0.495 e. The van der Waals surface area contributed by atoms with Crippen molar-refractivity contribution in [1.29, 1.82) is 0 Å². The summed E-state index contributed by atoms with van der Waals surface area (Å²) in [6.07, 6.45) is 3.04. The zero-order valence-corrected chi connectivity index (χ0v) is 11.4. The highest BCUT2D eigenvalue weighted by Gasteiger charge is 2.61. The summed E-state index contributed by atoms with van der Waals surface area (Å²) in [6, 6.07) is 6.79. The molecule has 0 saturated heterocycles. The van der Waals surface area contributed by atoms with Crippen LogP contribution in [0.2, 0.25) is 0 Å². The van der Waals surface area contributed by atoms with Gasteiger partial charge in [-0.25, -0.2) is 8.42 Å². The third-order valence-corrected chi connectivity index (χ3v) is 6.38. The molecule has 18 heavy (non-hydrogen) atoms. The van der Waals surface area contributed by atoms with E-state index in [1.54, 1.807) is 35.6 Å². The summed E-state index contributed by atoms with van der Waals surface area (Å²) in [4.78, 5) is 0.264. The first-order chi connectivity index (χ1) is 8.49. The van der Waals surface area contributed by atoms with Gasteiger partial charge in [-0.15, -0.1) is 0 Å². The highest BCUT2D eigenvalue weighted by molar-refractivity contribution is 7.89. The fraction of sp³-hybridized carbons (Fsp3) is 0.538. The van der Waals surface area contributed by atoms with E-state index < -0.39 is 10.0 Å². The predicted octanol–water partition coefficient (Wildman–Crippen LogP) is 1.87. The number of sulfonamides is 1. The van der Waals surface area contributed by atoms with Gasteiger partial charge in [0.25, 0.3) is 0 Å². The Labute approximate surface area is 108 Å². The fourth-order valence-electron chi connectivity index (χ4n) is 3.05. The van der Waals surface area contributed by atoms with E-state index in [0.29, 0.717) is 5.75 Å². The second kappa shape index (κ2) is 3.71. The molecule has 98 valence electrons. The molecule has 0 heterocycles. The molecule has 0 spiro atoms. The Morgan fingerprint density at radius 2 is 1.89 bits per heavy atom. The summed E-state index contributed by atoms with van der Waals surface area (Å²) < 4.78 is 32.0. The number of benzene rings is 1. The number of methoxy groups -OCH3 is 1. The number of rotatable bonds is 4. The summed E-state index contributed by atoms with van der Waals surface area (Å²) in [5, 5.41) is 0. The largest absolute Gasteiger partial charge is 0.495 e. The standard InChI is InChI=1S/C13H17NO3S/c1-14(13-7-10(8-13)9-13)18(15,16)12-6-4-3-5-11(12)17-2/h3-6,10H,7-9H2,1-2H3. The first-order valence-corrected chi connectivity index (χ1v) is 7.56. The lowest BCUT2D eigenvalue weighted by Crippen LogP contribution is -2.68. The molecule has 4 nitrogen and oxygen atoms in total. The van der Waals surface area contributed by atoms with Gasteiger partial charge in [-0.3, -0.25) is 0 Å². The molecule has 0 N–H and O–H groups in total. The number of hydrogen-bond donors (Lipinski definition) is 0. The van der Waals surface area contributed by atoms with Gasteiger partial charge >= 0.3 is 0 Å². The third-order valence-electron chi connectivity index (χ3n) is 4.38. The smallest absolute Gasteiger partial charge is 0.247 e. The van der Waals surface area contributed by atoms with E-state index >= 15 is 0 Å². The molecule has 0 aliphatic heterocycles. The van der Waals surface area contributed by atoms with Crippen LogP contribution in [0.25, 0.3) is 0 Å².